The molecule has 1 aromatic rings. The van der Waals surface area contributed by atoms with Crippen molar-refractivity contribution in [2.45, 2.75) is 32.8 Å². The minimum Gasteiger partial charge on any atom is -0.385 e. The molecule has 0 atom stereocenters. The third-order valence-corrected chi connectivity index (χ3v) is 2.99. The predicted molar refractivity (Wildman–Crippen MR) is 62.5 cm³/mol. The van der Waals surface area contributed by atoms with Crippen LogP contribution >= 0.6 is 0 Å². The van der Waals surface area contributed by atoms with Crippen LogP contribution in [0.1, 0.15) is 28.9 Å². The lowest BCUT2D eigenvalue weighted by atomic mass is 10.0. The van der Waals surface area contributed by atoms with Crippen LogP contribution in [0.5, 0.6) is 0 Å². The lowest BCUT2D eigenvalue weighted by molar-refractivity contribution is 0.109. The van der Waals surface area contributed by atoms with Crippen LogP contribution in [0.2, 0.25) is 0 Å². The van der Waals surface area contributed by atoms with Gasteiger partial charge < -0.3 is 9.47 Å². The van der Waals surface area contributed by atoms with E-state index in [9.17, 15) is 0 Å². The standard InChI is InChI=1S/C13H19NO2/c1-10-8-11-9-16-7-5-13(11)14-12(10)4-3-6-15-2/h8H,3-7,9H2,1-2H3. The Morgan fingerprint density at radius 3 is 3.19 bits per heavy atom. The molecular formula is C13H19NO2. The lowest BCUT2D eigenvalue weighted by Crippen LogP contribution is -2.14. The van der Waals surface area contributed by atoms with E-state index >= 15 is 0 Å². The minimum atomic E-state index is 0.724. The molecule has 0 aromatic carbocycles. The fourth-order valence-corrected chi connectivity index (χ4v) is 2.08. The minimum absolute atomic E-state index is 0.724. The van der Waals surface area contributed by atoms with E-state index in [-0.39, 0.29) is 0 Å². The number of ether oxygens (including phenoxy) is 2. The Morgan fingerprint density at radius 2 is 2.38 bits per heavy atom. The number of aromatic nitrogens is 1. The van der Waals surface area contributed by atoms with Crippen molar-refractivity contribution in [1.29, 1.82) is 0 Å². The van der Waals surface area contributed by atoms with E-state index in [2.05, 4.69) is 13.0 Å². The van der Waals surface area contributed by atoms with Gasteiger partial charge in [0, 0.05) is 31.5 Å². The zero-order valence-electron chi connectivity index (χ0n) is 10.1. The van der Waals surface area contributed by atoms with Crippen LogP contribution in [0.25, 0.3) is 0 Å². The molecular weight excluding hydrogens is 202 g/mol. The zero-order chi connectivity index (χ0) is 11.4. The van der Waals surface area contributed by atoms with Crippen LogP contribution in [-0.2, 0) is 28.9 Å². The molecule has 0 amide bonds. The van der Waals surface area contributed by atoms with Gasteiger partial charge in [0.2, 0.25) is 0 Å². The van der Waals surface area contributed by atoms with Crippen LogP contribution in [-0.4, -0.2) is 25.3 Å². The van der Waals surface area contributed by atoms with Crippen LogP contribution in [0.4, 0.5) is 0 Å². The molecule has 0 fully saturated rings. The summed E-state index contributed by atoms with van der Waals surface area (Å²) >= 11 is 0. The molecule has 0 saturated heterocycles. The van der Waals surface area contributed by atoms with Crippen molar-refractivity contribution in [2.75, 3.05) is 20.3 Å². The number of rotatable bonds is 4. The number of methoxy groups -OCH3 is 1. The van der Waals surface area contributed by atoms with E-state index in [4.69, 9.17) is 14.5 Å². The van der Waals surface area contributed by atoms with Crippen molar-refractivity contribution < 1.29 is 9.47 Å². The number of aryl methyl sites for hydroxylation is 2. The Balaban J connectivity index is 2.12. The second-order valence-corrected chi connectivity index (χ2v) is 4.26. The first-order chi connectivity index (χ1) is 7.81. The highest BCUT2D eigenvalue weighted by atomic mass is 16.5. The van der Waals surface area contributed by atoms with Gasteiger partial charge in [-0.15, -0.1) is 0 Å². The second-order valence-electron chi connectivity index (χ2n) is 4.26. The molecule has 0 N–H and O–H groups in total. The van der Waals surface area contributed by atoms with E-state index in [1.165, 1.54) is 22.5 Å². The highest BCUT2D eigenvalue weighted by Crippen LogP contribution is 2.19. The van der Waals surface area contributed by atoms with E-state index in [0.717, 1.165) is 39.1 Å². The van der Waals surface area contributed by atoms with Crippen molar-refractivity contribution in [3.05, 3.63) is 28.6 Å². The van der Waals surface area contributed by atoms with E-state index in [0.29, 0.717) is 0 Å². The molecule has 88 valence electrons. The zero-order valence-corrected chi connectivity index (χ0v) is 10.1. The molecule has 16 heavy (non-hydrogen) atoms. The molecule has 1 aliphatic rings. The Kier molecular flexibility index (Phi) is 3.91. The third kappa shape index (κ3) is 2.60. The maximum absolute atomic E-state index is 5.43. The van der Waals surface area contributed by atoms with Gasteiger partial charge in [-0.25, -0.2) is 0 Å². The summed E-state index contributed by atoms with van der Waals surface area (Å²) in [5.74, 6) is 0. The molecule has 0 saturated carbocycles. The first-order valence-electron chi connectivity index (χ1n) is 5.86. The lowest BCUT2D eigenvalue weighted by Gasteiger charge is -2.18. The van der Waals surface area contributed by atoms with Crippen molar-refractivity contribution in [3.63, 3.8) is 0 Å². The first kappa shape index (κ1) is 11.6. The Morgan fingerprint density at radius 1 is 1.50 bits per heavy atom. The van der Waals surface area contributed by atoms with Gasteiger partial charge in [-0.1, -0.05) is 6.07 Å². The Bertz CT molecular complexity index is 363. The average molecular weight is 221 g/mol. The molecule has 1 aliphatic heterocycles. The van der Waals surface area contributed by atoms with E-state index < -0.39 is 0 Å². The summed E-state index contributed by atoms with van der Waals surface area (Å²) in [5.41, 5.74) is 4.99. The van der Waals surface area contributed by atoms with Gasteiger partial charge in [-0.3, -0.25) is 4.98 Å². The van der Waals surface area contributed by atoms with Crippen molar-refractivity contribution in [2.24, 2.45) is 0 Å². The summed E-state index contributed by atoms with van der Waals surface area (Å²) in [7, 11) is 1.74. The topological polar surface area (TPSA) is 31.4 Å². The molecule has 1 aromatic heterocycles. The largest absolute Gasteiger partial charge is 0.385 e. The van der Waals surface area contributed by atoms with Crippen molar-refractivity contribution in [1.82, 2.24) is 4.98 Å². The second kappa shape index (κ2) is 5.41. The van der Waals surface area contributed by atoms with Crippen LogP contribution < -0.4 is 0 Å². The van der Waals surface area contributed by atoms with Crippen molar-refractivity contribution >= 4 is 0 Å². The molecule has 0 unspecified atom stereocenters. The van der Waals surface area contributed by atoms with Gasteiger partial charge in [0.1, 0.15) is 0 Å². The molecule has 0 bridgehead atoms. The molecule has 3 nitrogen and oxygen atoms in total. The molecule has 3 heteroatoms. The average Bonchev–Trinajstić information content (AvgIpc) is 2.30. The molecule has 0 aliphatic carbocycles. The fraction of sp³-hybridized carbons (Fsp3) is 0.615. The highest BCUT2D eigenvalue weighted by Gasteiger charge is 2.13. The van der Waals surface area contributed by atoms with Gasteiger partial charge >= 0.3 is 0 Å². The van der Waals surface area contributed by atoms with E-state index in [1.807, 2.05) is 0 Å². The van der Waals surface area contributed by atoms with Crippen LogP contribution in [0, 0.1) is 6.92 Å². The maximum atomic E-state index is 5.43. The normalized spacial score (nSPS) is 14.9. The SMILES string of the molecule is COCCCc1nc2c(cc1C)COCC2. The summed E-state index contributed by atoms with van der Waals surface area (Å²) in [4.78, 5) is 4.75. The van der Waals surface area contributed by atoms with Gasteiger partial charge in [0.25, 0.3) is 0 Å². The molecule has 0 radical (unpaired) electrons. The highest BCUT2D eigenvalue weighted by molar-refractivity contribution is 5.30. The number of pyridine rings is 1. The quantitative estimate of drug-likeness (QED) is 0.729. The molecule has 0 spiro atoms. The van der Waals surface area contributed by atoms with Crippen molar-refractivity contribution in [3.8, 4) is 0 Å². The number of hydrogen-bond acceptors (Lipinski definition) is 3. The summed E-state index contributed by atoms with van der Waals surface area (Å²) in [6.45, 7) is 4.47. The van der Waals surface area contributed by atoms with Gasteiger partial charge in [-0.05, 0) is 30.9 Å². The fourth-order valence-electron chi connectivity index (χ4n) is 2.08. The number of hydrogen-bond donors (Lipinski definition) is 0. The monoisotopic (exact) mass is 221 g/mol. The summed E-state index contributed by atoms with van der Waals surface area (Å²) in [6.07, 6.45) is 3.00. The van der Waals surface area contributed by atoms with Crippen LogP contribution in [0.3, 0.4) is 0 Å². The summed E-state index contributed by atoms with van der Waals surface area (Å²) in [5, 5.41) is 0. The third-order valence-electron chi connectivity index (χ3n) is 2.99. The maximum Gasteiger partial charge on any atom is 0.0734 e. The van der Waals surface area contributed by atoms with Gasteiger partial charge in [0.15, 0.2) is 0 Å². The molecule has 2 heterocycles. The van der Waals surface area contributed by atoms with E-state index in [1.54, 1.807) is 7.11 Å². The Labute approximate surface area is 96.8 Å². The predicted octanol–water partition coefficient (Wildman–Crippen LogP) is 2.04. The number of nitrogens with zero attached hydrogens (tertiary/aromatic N) is 1. The molecule has 2 rings (SSSR count). The Hall–Kier alpha value is -0.930. The summed E-state index contributed by atoms with van der Waals surface area (Å²) in [6, 6.07) is 2.23. The smallest absolute Gasteiger partial charge is 0.0734 e. The van der Waals surface area contributed by atoms with Crippen LogP contribution in [0.15, 0.2) is 6.07 Å². The van der Waals surface area contributed by atoms with Gasteiger partial charge in [0.05, 0.1) is 13.2 Å². The number of fused-ring (bicyclic) bond motifs is 1. The van der Waals surface area contributed by atoms with Gasteiger partial charge in [-0.2, -0.15) is 0 Å². The summed E-state index contributed by atoms with van der Waals surface area (Å²) < 4.78 is 10.5. The first-order valence-corrected chi connectivity index (χ1v) is 5.86.